The highest BCUT2D eigenvalue weighted by molar-refractivity contribution is 5.89. The van der Waals surface area contributed by atoms with Crippen LogP contribution in [0.1, 0.15) is 12.8 Å². The van der Waals surface area contributed by atoms with Gasteiger partial charge in [-0.05, 0) is 0 Å². The van der Waals surface area contributed by atoms with Crippen molar-refractivity contribution in [1.82, 2.24) is 10.8 Å². The first-order valence-corrected chi connectivity index (χ1v) is 4.02. The van der Waals surface area contributed by atoms with Crippen molar-refractivity contribution in [1.29, 1.82) is 0 Å². The zero-order chi connectivity index (χ0) is 10.6. The molecule has 0 aromatic rings. The van der Waals surface area contributed by atoms with Crippen molar-refractivity contribution in [2.75, 3.05) is 6.61 Å². The summed E-state index contributed by atoms with van der Waals surface area (Å²) >= 11 is 0. The zero-order valence-electron chi connectivity index (χ0n) is 7.28. The minimum absolute atomic E-state index is 0.0671. The molecule has 14 heavy (non-hydrogen) atoms. The molecule has 0 spiro atoms. The number of carboxylic acid groups (broad SMARTS) is 1. The van der Waals surface area contributed by atoms with Crippen LogP contribution in [-0.2, 0) is 19.2 Å². The third kappa shape index (κ3) is 3.02. The lowest BCUT2D eigenvalue weighted by molar-refractivity contribution is -0.139. The van der Waals surface area contributed by atoms with Crippen LogP contribution in [0.4, 0.5) is 0 Å². The monoisotopic (exact) mass is 202 g/mol. The molecule has 0 aliphatic carbocycles. The molecule has 0 bridgehead atoms. The van der Waals surface area contributed by atoms with Crippen LogP contribution in [0.25, 0.3) is 0 Å². The Hall–Kier alpha value is -1.63. The summed E-state index contributed by atoms with van der Waals surface area (Å²) in [6, 6.07) is -0.712. The van der Waals surface area contributed by atoms with Gasteiger partial charge in [-0.2, -0.15) is 0 Å². The quantitative estimate of drug-likeness (QED) is 0.509. The predicted molar refractivity (Wildman–Crippen MR) is 42.9 cm³/mol. The zero-order valence-corrected chi connectivity index (χ0v) is 7.28. The molecular formula is C7H10N2O5. The normalized spacial score (nSPS) is 20.3. The molecule has 7 nitrogen and oxygen atoms in total. The van der Waals surface area contributed by atoms with Gasteiger partial charge in [-0.3, -0.25) is 19.2 Å². The van der Waals surface area contributed by atoms with Gasteiger partial charge >= 0.3 is 5.97 Å². The number of carbonyl (C=O) groups is 3. The van der Waals surface area contributed by atoms with Crippen molar-refractivity contribution < 1.29 is 24.3 Å². The van der Waals surface area contributed by atoms with Crippen molar-refractivity contribution in [2.45, 2.75) is 18.9 Å². The molecule has 1 heterocycles. The average Bonchev–Trinajstić information content (AvgIpc) is 2.49. The van der Waals surface area contributed by atoms with Crippen molar-refractivity contribution in [3.63, 3.8) is 0 Å². The van der Waals surface area contributed by atoms with Gasteiger partial charge in [-0.1, -0.05) is 0 Å². The molecule has 1 rings (SSSR count). The van der Waals surface area contributed by atoms with Gasteiger partial charge in [0.15, 0.2) is 0 Å². The van der Waals surface area contributed by atoms with Crippen LogP contribution < -0.4 is 10.8 Å². The maximum Gasteiger partial charge on any atom is 0.303 e. The molecule has 2 amide bonds. The third-order valence-corrected chi connectivity index (χ3v) is 1.64. The van der Waals surface area contributed by atoms with E-state index < -0.39 is 23.8 Å². The second-order valence-corrected chi connectivity index (χ2v) is 2.79. The number of rotatable bonds is 4. The molecule has 0 aromatic carbocycles. The summed E-state index contributed by atoms with van der Waals surface area (Å²) < 4.78 is 0. The second-order valence-electron chi connectivity index (χ2n) is 2.79. The molecule has 0 unspecified atom stereocenters. The Kier molecular flexibility index (Phi) is 3.41. The van der Waals surface area contributed by atoms with E-state index in [2.05, 4.69) is 15.6 Å². The molecule has 1 aliphatic heterocycles. The summed E-state index contributed by atoms with van der Waals surface area (Å²) in [5.74, 6) is -1.95. The molecule has 3 N–H and O–H groups in total. The Morgan fingerprint density at radius 3 is 2.79 bits per heavy atom. The van der Waals surface area contributed by atoms with E-state index in [1.807, 2.05) is 0 Å². The van der Waals surface area contributed by atoms with Crippen LogP contribution in [0.2, 0.25) is 0 Å². The molecule has 0 radical (unpaired) electrons. The number of hydroxylamine groups is 1. The summed E-state index contributed by atoms with van der Waals surface area (Å²) in [6.45, 7) is 0.0671. The number of hydrogen-bond donors (Lipinski definition) is 3. The first-order chi connectivity index (χ1) is 6.59. The fourth-order valence-electron chi connectivity index (χ4n) is 0.937. The highest BCUT2D eigenvalue weighted by Crippen LogP contribution is 1.96. The summed E-state index contributed by atoms with van der Waals surface area (Å²) in [4.78, 5) is 36.6. The van der Waals surface area contributed by atoms with Crippen molar-refractivity contribution in [3.05, 3.63) is 0 Å². The summed E-state index contributed by atoms with van der Waals surface area (Å²) in [5, 5.41) is 10.6. The Labute approximate surface area is 79.4 Å². The lowest BCUT2D eigenvalue weighted by Gasteiger charge is -2.06. The highest BCUT2D eigenvalue weighted by Gasteiger charge is 2.26. The van der Waals surface area contributed by atoms with Crippen LogP contribution in [0.5, 0.6) is 0 Å². The number of amides is 2. The van der Waals surface area contributed by atoms with E-state index >= 15 is 0 Å². The van der Waals surface area contributed by atoms with Crippen LogP contribution in [-0.4, -0.2) is 35.5 Å². The van der Waals surface area contributed by atoms with Crippen LogP contribution in [0, 0.1) is 0 Å². The molecule has 0 aromatic heterocycles. The fraction of sp³-hybridized carbons (Fsp3) is 0.571. The molecule has 1 fully saturated rings. The Morgan fingerprint density at radius 1 is 1.57 bits per heavy atom. The van der Waals surface area contributed by atoms with E-state index in [1.54, 1.807) is 0 Å². The first-order valence-electron chi connectivity index (χ1n) is 4.02. The van der Waals surface area contributed by atoms with Gasteiger partial charge < -0.3 is 10.4 Å². The predicted octanol–water partition coefficient (Wildman–Crippen LogP) is -1.60. The molecule has 1 atom stereocenters. The molecule has 7 heteroatoms. The number of hydrogen-bond acceptors (Lipinski definition) is 4. The Bertz CT molecular complexity index is 265. The van der Waals surface area contributed by atoms with Crippen molar-refractivity contribution >= 4 is 17.8 Å². The minimum atomic E-state index is -1.05. The molecule has 1 aliphatic rings. The number of carboxylic acids is 1. The van der Waals surface area contributed by atoms with E-state index in [-0.39, 0.29) is 19.4 Å². The summed E-state index contributed by atoms with van der Waals surface area (Å²) in [5.41, 5.74) is 2.07. The number of carbonyl (C=O) groups excluding carboxylic acids is 2. The van der Waals surface area contributed by atoms with E-state index in [9.17, 15) is 14.4 Å². The lowest BCUT2D eigenvalue weighted by Crippen LogP contribution is -2.41. The molecule has 1 saturated heterocycles. The van der Waals surface area contributed by atoms with Gasteiger partial charge in [0.05, 0.1) is 6.42 Å². The summed E-state index contributed by atoms with van der Waals surface area (Å²) in [7, 11) is 0. The molecular weight excluding hydrogens is 192 g/mol. The lowest BCUT2D eigenvalue weighted by atomic mass is 10.2. The maximum atomic E-state index is 11.0. The second kappa shape index (κ2) is 4.56. The first kappa shape index (κ1) is 10.5. The van der Waals surface area contributed by atoms with Gasteiger partial charge in [0.1, 0.15) is 12.6 Å². The topological polar surface area (TPSA) is 105 Å². The van der Waals surface area contributed by atoms with Crippen LogP contribution >= 0.6 is 0 Å². The Morgan fingerprint density at radius 2 is 2.29 bits per heavy atom. The Balaban J connectivity index is 2.26. The van der Waals surface area contributed by atoms with E-state index in [4.69, 9.17) is 5.11 Å². The summed E-state index contributed by atoms with van der Waals surface area (Å²) in [6.07, 6.45) is -0.389. The van der Waals surface area contributed by atoms with Crippen LogP contribution in [0.15, 0.2) is 0 Å². The van der Waals surface area contributed by atoms with E-state index in [0.29, 0.717) is 0 Å². The van der Waals surface area contributed by atoms with Crippen LogP contribution in [0.3, 0.4) is 0 Å². The maximum absolute atomic E-state index is 11.0. The SMILES string of the molecule is O=C(O)CCC(=O)N[C@@H]1CONC1=O. The van der Waals surface area contributed by atoms with E-state index in [1.165, 1.54) is 0 Å². The standard InChI is InChI=1S/C7H10N2O5/c10-5(1-2-6(11)12)8-4-3-14-9-7(4)13/h4H,1-3H2,(H,8,10)(H,9,13)(H,11,12)/t4-/m1/s1. The van der Waals surface area contributed by atoms with Gasteiger partial charge in [-0.15, -0.1) is 0 Å². The average molecular weight is 202 g/mol. The number of aliphatic carboxylic acids is 1. The fourth-order valence-corrected chi connectivity index (χ4v) is 0.937. The van der Waals surface area contributed by atoms with E-state index in [0.717, 1.165) is 0 Å². The van der Waals surface area contributed by atoms with Gasteiger partial charge in [-0.25, -0.2) is 5.48 Å². The minimum Gasteiger partial charge on any atom is -0.481 e. The number of nitrogens with one attached hydrogen (secondary N) is 2. The molecule has 0 saturated carbocycles. The molecule has 78 valence electrons. The van der Waals surface area contributed by atoms with Gasteiger partial charge in [0.25, 0.3) is 5.91 Å². The highest BCUT2D eigenvalue weighted by atomic mass is 16.7. The smallest absolute Gasteiger partial charge is 0.303 e. The van der Waals surface area contributed by atoms with Gasteiger partial charge in [0, 0.05) is 6.42 Å². The van der Waals surface area contributed by atoms with Gasteiger partial charge in [0.2, 0.25) is 5.91 Å². The van der Waals surface area contributed by atoms with Crippen molar-refractivity contribution in [3.8, 4) is 0 Å². The largest absolute Gasteiger partial charge is 0.481 e. The van der Waals surface area contributed by atoms with Crippen molar-refractivity contribution in [2.24, 2.45) is 0 Å². The third-order valence-electron chi connectivity index (χ3n) is 1.64.